The number of carboxylic acid groups (broad SMARTS) is 1. The van der Waals surface area contributed by atoms with Gasteiger partial charge in [0.15, 0.2) is 0 Å². The number of sulfonamides is 1. The summed E-state index contributed by atoms with van der Waals surface area (Å²) in [5, 5.41) is 8.58. The quantitative estimate of drug-likeness (QED) is 0.724. The number of carbonyl (C=O) groups is 2. The third-order valence-corrected chi connectivity index (χ3v) is 5.27. The number of hydrogen-bond donors (Lipinski definition) is 2. The molecule has 0 atom stereocenters. The van der Waals surface area contributed by atoms with Crippen LogP contribution in [0.4, 0.5) is 5.69 Å². The largest absolute Gasteiger partial charge is 0.481 e. The first-order valence-electron chi connectivity index (χ1n) is 7.44. The van der Waals surface area contributed by atoms with Crippen molar-refractivity contribution in [2.45, 2.75) is 37.0 Å². The van der Waals surface area contributed by atoms with E-state index in [-0.39, 0.29) is 17.2 Å². The Hall–Kier alpha value is -1.93. The first-order chi connectivity index (χ1) is 10.8. The van der Waals surface area contributed by atoms with E-state index in [2.05, 4.69) is 4.72 Å². The van der Waals surface area contributed by atoms with Gasteiger partial charge in [0.2, 0.25) is 15.9 Å². The Labute approximate surface area is 135 Å². The number of anilines is 1. The van der Waals surface area contributed by atoms with Crippen molar-refractivity contribution in [3.63, 3.8) is 0 Å². The monoisotopic (exact) mass is 340 g/mol. The number of nitrogens with zero attached hydrogens (tertiary/aromatic N) is 1. The van der Waals surface area contributed by atoms with Crippen molar-refractivity contribution >= 4 is 27.6 Å². The lowest BCUT2D eigenvalue weighted by Gasteiger charge is -2.17. The summed E-state index contributed by atoms with van der Waals surface area (Å²) in [7, 11) is -2.14. The van der Waals surface area contributed by atoms with Crippen molar-refractivity contribution in [1.29, 1.82) is 0 Å². The molecule has 0 bridgehead atoms. The molecule has 7 nitrogen and oxygen atoms in total. The molecule has 0 saturated carbocycles. The molecule has 0 spiro atoms. The maximum absolute atomic E-state index is 12.2. The second-order valence-electron chi connectivity index (χ2n) is 5.39. The second-order valence-corrected chi connectivity index (χ2v) is 7.28. The van der Waals surface area contributed by atoms with Crippen molar-refractivity contribution < 1.29 is 23.1 Å². The topological polar surface area (TPSA) is 104 Å². The zero-order valence-electron chi connectivity index (χ0n) is 12.9. The van der Waals surface area contributed by atoms with Crippen molar-refractivity contribution in [3.8, 4) is 0 Å². The van der Waals surface area contributed by atoms with E-state index < -0.39 is 16.0 Å². The first-order valence-corrected chi connectivity index (χ1v) is 8.92. The van der Waals surface area contributed by atoms with Gasteiger partial charge in [-0.3, -0.25) is 9.59 Å². The van der Waals surface area contributed by atoms with E-state index in [1.54, 1.807) is 17.0 Å². The van der Waals surface area contributed by atoms with E-state index in [1.807, 2.05) is 0 Å². The normalized spacial score (nSPS) is 13.9. The second kappa shape index (κ2) is 7.10. The summed E-state index contributed by atoms with van der Waals surface area (Å²) in [4.78, 5) is 24.5. The Morgan fingerprint density at radius 3 is 2.61 bits per heavy atom. The van der Waals surface area contributed by atoms with Crippen LogP contribution in [0.5, 0.6) is 0 Å². The number of amides is 1. The number of unbranched alkanes of at least 4 members (excludes halogenated alkanes) is 1. The molecule has 0 aliphatic carbocycles. The molecule has 2 rings (SSSR count). The molecule has 0 radical (unpaired) electrons. The van der Waals surface area contributed by atoms with Gasteiger partial charge in [-0.1, -0.05) is 0 Å². The average Bonchev–Trinajstić information content (AvgIpc) is 2.94. The van der Waals surface area contributed by atoms with E-state index in [1.165, 1.54) is 13.1 Å². The van der Waals surface area contributed by atoms with Gasteiger partial charge < -0.3 is 10.0 Å². The smallest absolute Gasteiger partial charge is 0.303 e. The molecule has 0 fully saturated rings. The van der Waals surface area contributed by atoms with Gasteiger partial charge in [0.25, 0.3) is 0 Å². The molecular formula is C15H20N2O5S. The summed E-state index contributed by atoms with van der Waals surface area (Å²) in [6.45, 7) is 0.524. The minimum Gasteiger partial charge on any atom is -0.481 e. The van der Waals surface area contributed by atoms with Gasteiger partial charge in [-0.25, -0.2) is 13.1 Å². The Morgan fingerprint density at radius 1 is 1.26 bits per heavy atom. The summed E-state index contributed by atoms with van der Waals surface area (Å²) in [6.07, 6.45) is 1.98. The van der Waals surface area contributed by atoms with E-state index in [0.717, 1.165) is 11.3 Å². The minimum atomic E-state index is -3.49. The van der Waals surface area contributed by atoms with Crippen LogP contribution < -0.4 is 9.62 Å². The van der Waals surface area contributed by atoms with Crippen molar-refractivity contribution in [3.05, 3.63) is 23.8 Å². The maximum atomic E-state index is 12.2. The number of benzene rings is 1. The summed E-state index contributed by atoms with van der Waals surface area (Å²) >= 11 is 0. The van der Waals surface area contributed by atoms with E-state index >= 15 is 0 Å². The van der Waals surface area contributed by atoms with Crippen molar-refractivity contribution in [2.75, 3.05) is 18.5 Å². The van der Waals surface area contributed by atoms with Crippen LogP contribution >= 0.6 is 0 Å². The van der Waals surface area contributed by atoms with Gasteiger partial charge in [-0.05, 0) is 50.1 Å². The maximum Gasteiger partial charge on any atom is 0.303 e. The molecule has 1 aromatic rings. The van der Waals surface area contributed by atoms with Crippen LogP contribution in [0, 0.1) is 0 Å². The predicted molar refractivity (Wildman–Crippen MR) is 84.8 cm³/mol. The Morgan fingerprint density at radius 2 is 1.96 bits per heavy atom. The molecule has 0 aromatic heterocycles. The Bertz CT molecular complexity index is 715. The predicted octanol–water partition coefficient (Wildman–Crippen LogP) is 1.13. The fourth-order valence-corrected chi connectivity index (χ4v) is 3.39. The van der Waals surface area contributed by atoms with E-state index in [0.29, 0.717) is 32.2 Å². The van der Waals surface area contributed by atoms with Gasteiger partial charge >= 0.3 is 5.97 Å². The molecule has 0 saturated heterocycles. The van der Waals surface area contributed by atoms with E-state index in [4.69, 9.17) is 5.11 Å². The lowest BCUT2D eigenvalue weighted by atomic mass is 10.1. The highest BCUT2D eigenvalue weighted by molar-refractivity contribution is 7.89. The molecule has 8 heteroatoms. The fraction of sp³-hybridized carbons (Fsp3) is 0.467. The molecule has 1 amide bonds. The lowest BCUT2D eigenvalue weighted by Crippen LogP contribution is -2.28. The Kier molecular flexibility index (Phi) is 5.38. The minimum absolute atomic E-state index is 0.0571. The molecule has 1 aliphatic heterocycles. The third-order valence-electron chi connectivity index (χ3n) is 3.86. The SMILES string of the molecule is CNS(=O)(=O)c1ccc2c(c1)CCN2C(=O)CCCCC(=O)O. The third kappa shape index (κ3) is 4.08. The molecule has 2 N–H and O–H groups in total. The Balaban J connectivity index is 2.04. The number of aliphatic carboxylic acids is 1. The highest BCUT2D eigenvalue weighted by Gasteiger charge is 2.26. The zero-order chi connectivity index (χ0) is 17.0. The molecule has 1 heterocycles. The molecule has 1 aromatic carbocycles. The standard InChI is InChI=1S/C15H20N2O5S/c1-16-23(21,22)12-6-7-13-11(10-12)8-9-17(13)14(18)4-2-3-5-15(19)20/h6-7,10,16H,2-5,8-9H2,1H3,(H,19,20). The highest BCUT2D eigenvalue weighted by atomic mass is 32.2. The van der Waals surface area contributed by atoms with Crippen LogP contribution in [-0.4, -0.2) is 39.0 Å². The fourth-order valence-electron chi connectivity index (χ4n) is 2.61. The number of carboxylic acids is 1. The van der Waals surface area contributed by atoms with Crippen molar-refractivity contribution in [2.24, 2.45) is 0 Å². The van der Waals surface area contributed by atoms with Gasteiger partial charge in [0.05, 0.1) is 4.90 Å². The van der Waals surface area contributed by atoms with Gasteiger partial charge in [0, 0.05) is 25.1 Å². The van der Waals surface area contributed by atoms with E-state index in [9.17, 15) is 18.0 Å². The summed E-state index contributed by atoms with van der Waals surface area (Å²) in [6, 6.07) is 4.74. The number of nitrogens with one attached hydrogen (secondary N) is 1. The summed E-state index contributed by atoms with van der Waals surface area (Å²) in [5.41, 5.74) is 1.57. The number of rotatable bonds is 7. The molecule has 23 heavy (non-hydrogen) atoms. The summed E-state index contributed by atoms with van der Waals surface area (Å²) in [5.74, 6) is -0.916. The van der Waals surface area contributed by atoms with Gasteiger partial charge in [-0.15, -0.1) is 0 Å². The molecular weight excluding hydrogens is 320 g/mol. The van der Waals surface area contributed by atoms with Crippen molar-refractivity contribution in [1.82, 2.24) is 4.72 Å². The van der Waals surface area contributed by atoms with Crippen LogP contribution in [0.3, 0.4) is 0 Å². The van der Waals surface area contributed by atoms with Crippen LogP contribution in [0.25, 0.3) is 0 Å². The van der Waals surface area contributed by atoms with Gasteiger partial charge in [-0.2, -0.15) is 0 Å². The first kappa shape index (κ1) is 17.4. The lowest BCUT2D eigenvalue weighted by molar-refractivity contribution is -0.137. The zero-order valence-corrected chi connectivity index (χ0v) is 13.7. The molecule has 1 aliphatic rings. The van der Waals surface area contributed by atoms with Crippen LogP contribution in [0.1, 0.15) is 31.2 Å². The van der Waals surface area contributed by atoms with Crippen LogP contribution in [0.2, 0.25) is 0 Å². The summed E-state index contributed by atoms with van der Waals surface area (Å²) < 4.78 is 25.9. The average molecular weight is 340 g/mol. The number of fused-ring (bicyclic) bond motifs is 1. The molecule has 0 unspecified atom stereocenters. The van der Waals surface area contributed by atoms with Gasteiger partial charge in [0.1, 0.15) is 0 Å². The van der Waals surface area contributed by atoms with Crippen LogP contribution in [0.15, 0.2) is 23.1 Å². The van der Waals surface area contributed by atoms with Crippen LogP contribution in [-0.2, 0) is 26.0 Å². The number of carbonyl (C=O) groups excluding carboxylic acids is 1. The molecule has 126 valence electrons. The number of hydrogen-bond acceptors (Lipinski definition) is 4. The highest BCUT2D eigenvalue weighted by Crippen LogP contribution is 2.30.